The number of nitrogens with zero attached hydrogens (tertiary/aromatic N) is 2. The normalized spacial score (nSPS) is 18.4. The van der Waals surface area contributed by atoms with Crippen molar-refractivity contribution in [3.63, 3.8) is 0 Å². The second kappa shape index (κ2) is 10.9. The Balaban J connectivity index is 1.59. The van der Waals surface area contributed by atoms with Gasteiger partial charge in [0.15, 0.2) is 0 Å². The van der Waals surface area contributed by atoms with Crippen molar-refractivity contribution >= 4 is 5.91 Å². The molecule has 2 atom stereocenters. The highest BCUT2D eigenvalue weighted by Crippen LogP contribution is 2.36. The summed E-state index contributed by atoms with van der Waals surface area (Å²) in [6, 6.07) is 18.0. The number of likely N-dealkylation sites (tertiary alicyclic amines) is 1. The van der Waals surface area contributed by atoms with Gasteiger partial charge in [-0.1, -0.05) is 26.0 Å². The van der Waals surface area contributed by atoms with Crippen molar-refractivity contribution in [1.82, 2.24) is 9.80 Å². The van der Waals surface area contributed by atoms with Crippen LogP contribution in [0.15, 0.2) is 71.3 Å². The van der Waals surface area contributed by atoms with Crippen LogP contribution in [0.2, 0.25) is 0 Å². The molecule has 2 heterocycles. The zero-order chi connectivity index (χ0) is 24.1. The van der Waals surface area contributed by atoms with E-state index in [0.29, 0.717) is 24.6 Å². The summed E-state index contributed by atoms with van der Waals surface area (Å²) >= 11 is 0. The van der Waals surface area contributed by atoms with Crippen molar-refractivity contribution < 1.29 is 18.3 Å². The van der Waals surface area contributed by atoms with Crippen molar-refractivity contribution in [2.75, 3.05) is 33.3 Å². The molecule has 3 aromatic rings. The first-order valence-electron chi connectivity index (χ1n) is 11.9. The topological polar surface area (TPSA) is 45.9 Å². The van der Waals surface area contributed by atoms with Crippen molar-refractivity contribution in [2.24, 2.45) is 11.8 Å². The third-order valence-electron chi connectivity index (χ3n) is 6.42. The van der Waals surface area contributed by atoms with E-state index in [1.807, 2.05) is 29.2 Å². The summed E-state index contributed by atoms with van der Waals surface area (Å²) in [7, 11) is 1.68. The van der Waals surface area contributed by atoms with Gasteiger partial charge in [0.2, 0.25) is 0 Å². The highest BCUT2D eigenvalue weighted by atomic mass is 19.1. The number of ether oxygens (including phenoxy) is 1. The summed E-state index contributed by atoms with van der Waals surface area (Å²) in [6.07, 6.45) is 1.70. The van der Waals surface area contributed by atoms with Crippen LogP contribution in [0.1, 0.15) is 41.4 Å². The highest BCUT2D eigenvalue weighted by molar-refractivity contribution is 5.94. The second-order valence-electron chi connectivity index (χ2n) is 9.53. The Bertz CT molecular complexity index is 1070. The Morgan fingerprint density at radius 1 is 1.15 bits per heavy atom. The third-order valence-corrected chi connectivity index (χ3v) is 6.42. The Morgan fingerprint density at radius 2 is 1.94 bits per heavy atom. The average Bonchev–Trinajstić information content (AvgIpc) is 3.48. The van der Waals surface area contributed by atoms with Crippen LogP contribution in [0.3, 0.4) is 0 Å². The number of methoxy groups -OCH3 is 1. The summed E-state index contributed by atoms with van der Waals surface area (Å²) in [5.74, 6) is 2.19. The van der Waals surface area contributed by atoms with Gasteiger partial charge in [-0.3, -0.25) is 9.69 Å². The lowest BCUT2D eigenvalue weighted by atomic mass is 9.88. The molecule has 0 aliphatic carbocycles. The predicted octanol–water partition coefficient (Wildman–Crippen LogP) is 5.44. The molecule has 1 fully saturated rings. The number of benzene rings is 2. The molecule has 0 spiro atoms. The predicted molar refractivity (Wildman–Crippen MR) is 130 cm³/mol. The van der Waals surface area contributed by atoms with Gasteiger partial charge in [0, 0.05) is 37.7 Å². The molecular formula is C28H33FN2O3. The lowest BCUT2D eigenvalue weighted by molar-refractivity contribution is 0.0703. The molecule has 1 amide bonds. The Labute approximate surface area is 201 Å². The first kappa shape index (κ1) is 24.0. The molecule has 1 aliphatic heterocycles. The van der Waals surface area contributed by atoms with Gasteiger partial charge < -0.3 is 14.1 Å². The van der Waals surface area contributed by atoms with Gasteiger partial charge in [-0.25, -0.2) is 4.39 Å². The molecule has 1 saturated heterocycles. The van der Waals surface area contributed by atoms with E-state index in [2.05, 4.69) is 30.9 Å². The minimum Gasteiger partial charge on any atom is -0.497 e. The molecule has 0 radical (unpaired) electrons. The van der Waals surface area contributed by atoms with Crippen LogP contribution in [-0.2, 0) is 6.54 Å². The molecule has 1 aromatic heterocycles. The molecule has 5 nitrogen and oxygen atoms in total. The first-order chi connectivity index (χ1) is 16.4. The summed E-state index contributed by atoms with van der Waals surface area (Å²) in [5.41, 5.74) is 1.73. The smallest absolute Gasteiger partial charge is 0.253 e. The monoisotopic (exact) mass is 464 g/mol. The summed E-state index contributed by atoms with van der Waals surface area (Å²) < 4.78 is 24.5. The molecule has 2 unspecified atom stereocenters. The minimum atomic E-state index is -0.339. The lowest BCUT2D eigenvalue weighted by Gasteiger charge is -2.30. The van der Waals surface area contributed by atoms with Crippen molar-refractivity contribution in [2.45, 2.75) is 26.3 Å². The number of hydrogen-bond acceptors (Lipinski definition) is 4. The maximum atomic E-state index is 13.4. The van der Waals surface area contributed by atoms with Gasteiger partial charge in [-0.05, 0) is 65.9 Å². The number of hydrogen-bond donors (Lipinski definition) is 0. The van der Waals surface area contributed by atoms with E-state index in [1.54, 1.807) is 25.5 Å². The van der Waals surface area contributed by atoms with E-state index in [9.17, 15) is 9.18 Å². The van der Waals surface area contributed by atoms with Crippen molar-refractivity contribution in [3.8, 4) is 5.75 Å². The van der Waals surface area contributed by atoms with Gasteiger partial charge in [-0.15, -0.1) is 0 Å². The standard InChI is InChI=1S/C28H33FN2O3/c1-20(2)15-31(28(32)21-9-11-24(29)12-10-21)17-23-16-30(18-26-8-5-13-34-26)19-27(23)22-6-4-7-25(14-22)33-3/h4-14,20,23,27H,15-19H2,1-3H3. The zero-order valence-electron chi connectivity index (χ0n) is 20.1. The van der Waals surface area contributed by atoms with Crippen LogP contribution in [0, 0.1) is 17.7 Å². The van der Waals surface area contributed by atoms with E-state index >= 15 is 0 Å². The largest absolute Gasteiger partial charge is 0.497 e. The number of halogens is 1. The zero-order valence-corrected chi connectivity index (χ0v) is 20.1. The van der Waals surface area contributed by atoms with Crippen LogP contribution >= 0.6 is 0 Å². The minimum absolute atomic E-state index is 0.0532. The molecule has 180 valence electrons. The lowest BCUT2D eigenvalue weighted by Crippen LogP contribution is -2.39. The Morgan fingerprint density at radius 3 is 2.62 bits per heavy atom. The van der Waals surface area contributed by atoms with Gasteiger partial charge in [0.05, 0.1) is 19.9 Å². The molecule has 0 N–H and O–H groups in total. The SMILES string of the molecule is COc1cccc(C2CN(Cc3ccco3)CC2CN(CC(C)C)C(=O)c2ccc(F)cc2)c1. The van der Waals surface area contributed by atoms with E-state index in [1.165, 1.54) is 17.7 Å². The fraction of sp³-hybridized carbons (Fsp3) is 0.393. The van der Waals surface area contributed by atoms with E-state index < -0.39 is 0 Å². The second-order valence-corrected chi connectivity index (χ2v) is 9.53. The number of furan rings is 1. The molecular weight excluding hydrogens is 431 g/mol. The van der Waals surface area contributed by atoms with E-state index in [0.717, 1.165) is 31.1 Å². The number of carbonyl (C=O) groups excluding carboxylic acids is 1. The molecule has 0 saturated carbocycles. The highest BCUT2D eigenvalue weighted by Gasteiger charge is 2.36. The molecule has 2 aromatic carbocycles. The van der Waals surface area contributed by atoms with Crippen LogP contribution in [0.4, 0.5) is 4.39 Å². The fourth-order valence-electron chi connectivity index (χ4n) is 4.89. The Hall–Kier alpha value is -3.12. The van der Waals surface area contributed by atoms with Crippen LogP contribution in [0.5, 0.6) is 5.75 Å². The van der Waals surface area contributed by atoms with E-state index in [-0.39, 0.29) is 23.6 Å². The molecule has 34 heavy (non-hydrogen) atoms. The van der Waals surface area contributed by atoms with E-state index in [4.69, 9.17) is 9.15 Å². The summed E-state index contributed by atoms with van der Waals surface area (Å²) in [5, 5.41) is 0. The summed E-state index contributed by atoms with van der Waals surface area (Å²) in [4.78, 5) is 17.7. The maximum Gasteiger partial charge on any atom is 0.253 e. The van der Waals surface area contributed by atoms with Gasteiger partial charge >= 0.3 is 0 Å². The van der Waals surface area contributed by atoms with Crippen LogP contribution in [-0.4, -0.2) is 49.0 Å². The first-order valence-corrected chi connectivity index (χ1v) is 11.9. The molecule has 4 rings (SSSR count). The van der Waals surface area contributed by atoms with Crippen molar-refractivity contribution in [3.05, 3.63) is 89.6 Å². The summed E-state index contributed by atoms with van der Waals surface area (Å²) in [6.45, 7) is 7.97. The van der Waals surface area contributed by atoms with Gasteiger partial charge in [0.1, 0.15) is 17.3 Å². The fourth-order valence-corrected chi connectivity index (χ4v) is 4.89. The van der Waals surface area contributed by atoms with Crippen LogP contribution < -0.4 is 4.74 Å². The third kappa shape index (κ3) is 5.86. The van der Waals surface area contributed by atoms with Crippen molar-refractivity contribution in [1.29, 1.82) is 0 Å². The quantitative estimate of drug-likeness (QED) is 0.423. The average molecular weight is 465 g/mol. The van der Waals surface area contributed by atoms with Gasteiger partial charge in [-0.2, -0.15) is 0 Å². The Kier molecular flexibility index (Phi) is 7.68. The maximum absolute atomic E-state index is 13.4. The molecule has 0 bridgehead atoms. The number of amides is 1. The molecule has 1 aliphatic rings. The number of carbonyl (C=O) groups is 1. The molecule has 6 heteroatoms. The van der Waals surface area contributed by atoms with Crippen LogP contribution in [0.25, 0.3) is 0 Å². The van der Waals surface area contributed by atoms with Gasteiger partial charge in [0.25, 0.3) is 5.91 Å². The number of rotatable bonds is 9.